The van der Waals surface area contributed by atoms with Crippen molar-refractivity contribution in [3.05, 3.63) is 0 Å². The van der Waals surface area contributed by atoms with Crippen molar-refractivity contribution in [2.24, 2.45) is 17.6 Å². The molecule has 0 saturated carbocycles. The quantitative estimate of drug-likeness (QED) is 0.116. The Labute approximate surface area is 191 Å². The van der Waals surface area contributed by atoms with E-state index in [0.29, 0.717) is 0 Å². The first-order valence-corrected chi connectivity index (χ1v) is 10.3. The number of hydrogen-bond acceptors (Lipinski definition) is 9. The molecule has 0 saturated heterocycles. The minimum absolute atomic E-state index is 0.227. The number of aliphatic hydroxyl groups is 3. The summed E-state index contributed by atoms with van der Waals surface area (Å²) in [6.45, 7) is 3.98. The minimum atomic E-state index is -1.64. The average molecular weight is 478 g/mol. The van der Waals surface area contributed by atoms with Crippen LogP contribution in [0.1, 0.15) is 27.7 Å². The molecular weight excluding hydrogens is 442 g/mol. The van der Waals surface area contributed by atoms with E-state index >= 15 is 0 Å². The number of rotatable bonds is 14. The maximum atomic E-state index is 12.7. The zero-order chi connectivity index (χ0) is 25.9. The van der Waals surface area contributed by atoms with Gasteiger partial charge in [0.2, 0.25) is 23.6 Å². The van der Waals surface area contributed by atoms with Gasteiger partial charge in [0.1, 0.15) is 24.2 Å². The Morgan fingerprint density at radius 2 is 1.03 bits per heavy atom. The third-order valence-electron chi connectivity index (χ3n) is 4.70. The zero-order valence-electron chi connectivity index (χ0n) is 19.1. The second-order valence-electron chi connectivity index (χ2n) is 8.07. The highest BCUT2D eigenvalue weighted by Crippen LogP contribution is 2.04. The van der Waals surface area contributed by atoms with Gasteiger partial charge in [0, 0.05) is 0 Å². The first-order valence-electron chi connectivity index (χ1n) is 10.3. The third kappa shape index (κ3) is 9.69. The van der Waals surface area contributed by atoms with Crippen LogP contribution in [0.2, 0.25) is 0 Å². The lowest BCUT2D eigenvalue weighted by atomic mass is 10.0. The molecule has 0 aliphatic heterocycles. The minimum Gasteiger partial charge on any atom is -0.480 e. The molecule has 0 fully saturated rings. The van der Waals surface area contributed by atoms with Crippen LogP contribution in [0.4, 0.5) is 0 Å². The van der Waals surface area contributed by atoms with Crippen molar-refractivity contribution in [2.45, 2.75) is 57.9 Å². The summed E-state index contributed by atoms with van der Waals surface area (Å²) in [4.78, 5) is 60.4. The monoisotopic (exact) mass is 477 g/mol. The summed E-state index contributed by atoms with van der Waals surface area (Å²) in [5.74, 6) is -5.76. The van der Waals surface area contributed by atoms with E-state index in [2.05, 4.69) is 16.0 Å². The van der Waals surface area contributed by atoms with Gasteiger partial charge in [-0.05, 0) is 11.8 Å². The molecule has 14 nitrogen and oxygen atoms in total. The number of amides is 4. The number of carbonyl (C=O) groups excluding carboxylic acids is 4. The van der Waals surface area contributed by atoms with Gasteiger partial charge in [-0.25, -0.2) is 4.79 Å². The second kappa shape index (κ2) is 14.4. The number of carboxylic acids is 1. The summed E-state index contributed by atoms with van der Waals surface area (Å²) in [5.41, 5.74) is 5.72. The number of nitrogens with two attached hydrogens (primary N) is 1. The molecule has 190 valence electrons. The molecule has 0 aliphatic carbocycles. The average Bonchev–Trinajstić information content (AvgIpc) is 2.75. The molecule has 0 aromatic heterocycles. The Morgan fingerprint density at radius 3 is 1.39 bits per heavy atom. The SMILES string of the molecule is CC(C)[C@H](N)C(=O)N[C@@H](CO)C(=O)N[C@H](C(=O)N[C@@H](CO)C(=O)N[C@@H](CO)C(=O)O)C(C)C. The van der Waals surface area contributed by atoms with E-state index in [1.54, 1.807) is 27.7 Å². The summed E-state index contributed by atoms with van der Waals surface area (Å²) < 4.78 is 0. The van der Waals surface area contributed by atoms with Crippen LogP contribution in [-0.4, -0.2) is 100 Å². The largest absolute Gasteiger partial charge is 0.480 e. The van der Waals surface area contributed by atoms with E-state index in [9.17, 15) is 34.2 Å². The van der Waals surface area contributed by atoms with Gasteiger partial charge < -0.3 is 47.4 Å². The molecule has 0 radical (unpaired) electrons. The fourth-order valence-corrected chi connectivity index (χ4v) is 2.47. The third-order valence-corrected chi connectivity index (χ3v) is 4.70. The van der Waals surface area contributed by atoms with E-state index in [1.165, 1.54) is 0 Å². The molecule has 5 atom stereocenters. The summed E-state index contributed by atoms with van der Waals surface area (Å²) >= 11 is 0. The first kappa shape index (κ1) is 30.2. The van der Waals surface area contributed by atoms with Crippen molar-refractivity contribution in [3.8, 4) is 0 Å². The van der Waals surface area contributed by atoms with Gasteiger partial charge in [-0.2, -0.15) is 0 Å². The maximum absolute atomic E-state index is 12.7. The Bertz CT molecular complexity index is 701. The van der Waals surface area contributed by atoms with Crippen molar-refractivity contribution < 1.29 is 44.4 Å². The van der Waals surface area contributed by atoms with Crippen LogP contribution < -0.4 is 27.0 Å². The van der Waals surface area contributed by atoms with Gasteiger partial charge in [0.25, 0.3) is 0 Å². The Kier molecular flexibility index (Phi) is 13.1. The lowest BCUT2D eigenvalue weighted by molar-refractivity contribution is -0.143. The lowest BCUT2D eigenvalue weighted by Crippen LogP contribution is -2.61. The van der Waals surface area contributed by atoms with Gasteiger partial charge in [-0.1, -0.05) is 27.7 Å². The predicted molar refractivity (Wildman–Crippen MR) is 114 cm³/mol. The van der Waals surface area contributed by atoms with Crippen molar-refractivity contribution in [1.29, 1.82) is 0 Å². The van der Waals surface area contributed by atoms with Crippen LogP contribution >= 0.6 is 0 Å². The Morgan fingerprint density at radius 1 is 0.636 bits per heavy atom. The molecule has 14 heteroatoms. The van der Waals surface area contributed by atoms with Crippen molar-refractivity contribution in [1.82, 2.24) is 21.3 Å². The molecule has 0 spiro atoms. The molecule has 0 aromatic rings. The van der Waals surface area contributed by atoms with E-state index < -0.39 is 85.5 Å². The molecule has 33 heavy (non-hydrogen) atoms. The van der Waals surface area contributed by atoms with E-state index in [0.717, 1.165) is 0 Å². The van der Waals surface area contributed by atoms with Crippen LogP contribution in [0.15, 0.2) is 0 Å². The van der Waals surface area contributed by atoms with Gasteiger partial charge in [0.05, 0.1) is 25.9 Å². The molecule has 4 amide bonds. The lowest BCUT2D eigenvalue weighted by Gasteiger charge is -2.27. The molecule has 0 aromatic carbocycles. The summed E-state index contributed by atoms with van der Waals surface area (Å²) in [5, 5.41) is 45.6. The number of hydrogen-bond donors (Lipinski definition) is 9. The van der Waals surface area contributed by atoms with Gasteiger partial charge in [-0.15, -0.1) is 0 Å². The van der Waals surface area contributed by atoms with Crippen LogP contribution in [0.25, 0.3) is 0 Å². The molecule has 0 bridgehead atoms. The van der Waals surface area contributed by atoms with Crippen LogP contribution in [0.5, 0.6) is 0 Å². The number of carboxylic acid groups (broad SMARTS) is 1. The highest BCUT2D eigenvalue weighted by molar-refractivity contribution is 5.95. The Hall–Kier alpha value is -2.81. The summed E-state index contributed by atoms with van der Waals surface area (Å²) in [6, 6.07) is -6.77. The van der Waals surface area contributed by atoms with Crippen molar-refractivity contribution >= 4 is 29.6 Å². The standard InChI is InChI=1S/C19H35N5O9/c1-8(2)13(20)17(30)21-11(6-26)16(29)24-14(9(3)4)18(31)22-10(5-25)15(28)23-12(7-27)19(32)33/h8-14,25-27H,5-7,20H2,1-4H3,(H,21,30)(H,22,31)(H,23,28)(H,24,29)(H,32,33)/t10-,11-,12-,13-,14-/m0/s1. The van der Waals surface area contributed by atoms with Gasteiger partial charge in [-0.3, -0.25) is 19.2 Å². The van der Waals surface area contributed by atoms with E-state index in [-0.39, 0.29) is 5.92 Å². The number of nitrogens with one attached hydrogen (secondary N) is 4. The first-order chi connectivity index (χ1) is 15.3. The summed E-state index contributed by atoms with van der Waals surface area (Å²) in [7, 11) is 0. The highest BCUT2D eigenvalue weighted by Gasteiger charge is 2.32. The number of aliphatic hydroxyl groups excluding tert-OH is 3. The smallest absolute Gasteiger partial charge is 0.328 e. The topological polar surface area (TPSA) is 240 Å². The molecule has 0 rings (SSSR count). The van der Waals surface area contributed by atoms with Crippen molar-refractivity contribution in [3.63, 3.8) is 0 Å². The number of carbonyl (C=O) groups is 5. The van der Waals surface area contributed by atoms with Crippen LogP contribution in [-0.2, 0) is 24.0 Å². The fraction of sp³-hybridized carbons (Fsp3) is 0.737. The van der Waals surface area contributed by atoms with Crippen LogP contribution in [0.3, 0.4) is 0 Å². The van der Waals surface area contributed by atoms with Crippen LogP contribution in [0, 0.1) is 11.8 Å². The van der Waals surface area contributed by atoms with E-state index in [1.807, 2.05) is 5.32 Å². The Balaban J connectivity index is 5.29. The van der Waals surface area contributed by atoms with E-state index in [4.69, 9.17) is 15.9 Å². The highest BCUT2D eigenvalue weighted by atomic mass is 16.4. The van der Waals surface area contributed by atoms with Gasteiger partial charge >= 0.3 is 5.97 Å². The number of aliphatic carboxylic acids is 1. The van der Waals surface area contributed by atoms with Crippen molar-refractivity contribution in [2.75, 3.05) is 19.8 Å². The second-order valence-corrected chi connectivity index (χ2v) is 8.07. The molecule has 0 heterocycles. The maximum Gasteiger partial charge on any atom is 0.328 e. The molecule has 0 unspecified atom stereocenters. The molecule has 0 aliphatic rings. The normalized spacial score (nSPS) is 15.7. The molecular formula is C19H35N5O9. The summed E-state index contributed by atoms with van der Waals surface area (Å²) in [6.07, 6.45) is 0. The predicted octanol–water partition coefficient (Wildman–Crippen LogP) is -4.37. The zero-order valence-corrected chi connectivity index (χ0v) is 19.1. The fourth-order valence-electron chi connectivity index (χ4n) is 2.47. The van der Waals surface area contributed by atoms with Gasteiger partial charge in [0.15, 0.2) is 0 Å². The molecule has 10 N–H and O–H groups in total.